The second kappa shape index (κ2) is 7.70. The number of hydrogen-bond donors (Lipinski definition) is 0. The van der Waals surface area contributed by atoms with Gasteiger partial charge in [0, 0.05) is 43.9 Å². The van der Waals surface area contributed by atoms with Crippen molar-refractivity contribution in [3.8, 4) is 11.5 Å². The van der Waals surface area contributed by atoms with Gasteiger partial charge in [0.15, 0.2) is 5.78 Å². The van der Waals surface area contributed by atoms with Crippen LogP contribution in [0.5, 0.6) is 11.5 Å². The third-order valence-electron chi connectivity index (χ3n) is 4.71. The number of ketones is 1. The maximum atomic E-state index is 13.0. The Morgan fingerprint density at radius 3 is 2.84 bits per heavy atom. The molecule has 3 rings (SSSR count). The van der Waals surface area contributed by atoms with Gasteiger partial charge in [-0.15, -0.1) is 0 Å². The third-order valence-corrected chi connectivity index (χ3v) is 4.71. The minimum absolute atomic E-state index is 0.00674. The van der Waals surface area contributed by atoms with E-state index in [0.29, 0.717) is 17.1 Å². The third kappa shape index (κ3) is 4.02. The highest BCUT2D eigenvalue weighted by atomic mass is 16.5. The molecule has 0 radical (unpaired) electrons. The number of aryl methyl sites for hydroxylation is 1. The zero-order valence-electron chi connectivity index (χ0n) is 15.1. The van der Waals surface area contributed by atoms with Crippen LogP contribution in [0.25, 0.3) is 0 Å². The Morgan fingerprint density at radius 1 is 1.32 bits per heavy atom. The van der Waals surface area contributed by atoms with Gasteiger partial charge in [-0.05, 0) is 31.5 Å². The summed E-state index contributed by atoms with van der Waals surface area (Å²) in [6, 6.07) is 5.38. The summed E-state index contributed by atoms with van der Waals surface area (Å²) >= 11 is 0. The van der Waals surface area contributed by atoms with Crippen molar-refractivity contribution in [3.63, 3.8) is 0 Å². The molecule has 0 spiro atoms. The largest absolute Gasteiger partial charge is 0.497 e. The standard InChI is InChI=1S/C19H25N3O3/c1-21-11-14(10-20-21)12-22-8-4-5-15(13-22)19(23)17-7-6-16(24-2)9-18(17)25-3/h6-7,9-11,15H,4-5,8,12-13H2,1-3H3/t15-/m1/s1. The summed E-state index contributed by atoms with van der Waals surface area (Å²) < 4.78 is 12.4. The molecule has 0 amide bonds. The normalized spacial score (nSPS) is 18.1. The number of rotatable bonds is 6. The Bertz CT molecular complexity index is 741. The molecule has 1 fully saturated rings. The van der Waals surface area contributed by atoms with Crippen LogP contribution in [0.4, 0.5) is 0 Å². The second-order valence-electron chi connectivity index (χ2n) is 6.53. The van der Waals surface area contributed by atoms with Crippen LogP contribution in [0, 0.1) is 5.92 Å². The van der Waals surface area contributed by atoms with E-state index < -0.39 is 0 Å². The first kappa shape index (κ1) is 17.5. The zero-order chi connectivity index (χ0) is 17.8. The number of piperidine rings is 1. The lowest BCUT2D eigenvalue weighted by molar-refractivity contribution is 0.0808. The monoisotopic (exact) mass is 343 g/mol. The van der Waals surface area contributed by atoms with Crippen molar-refractivity contribution in [1.29, 1.82) is 0 Å². The molecule has 0 unspecified atom stereocenters. The number of ether oxygens (including phenoxy) is 2. The van der Waals surface area contributed by atoms with Crippen LogP contribution in [0.1, 0.15) is 28.8 Å². The highest BCUT2D eigenvalue weighted by Crippen LogP contribution is 2.29. The van der Waals surface area contributed by atoms with E-state index in [1.54, 1.807) is 26.4 Å². The molecule has 2 aromatic rings. The first-order valence-corrected chi connectivity index (χ1v) is 8.57. The molecule has 1 aliphatic heterocycles. The summed E-state index contributed by atoms with van der Waals surface area (Å²) in [5.74, 6) is 1.41. The van der Waals surface area contributed by atoms with Crippen molar-refractivity contribution in [2.75, 3.05) is 27.3 Å². The predicted octanol–water partition coefficient (Wildman–Crippen LogP) is 2.53. The number of carbonyl (C=O) groups is 1. The topological polar surface area (TPSA) is 56.6 Å². The lowest BCUT2D eigenvalue weighted by Gasteiger charge is -2.31. The highest BCUT2D eigenvalue weighted by Gasteiger charge is 2.28. The second-order valence-corrected chi connectivity index (χ2v) is 6.53. The molecule has 6 nitrogen and oxygen atoms in total. The van der Waals surface area contributed by atoms with Crippen molar-refractivity contribution >= 4 is 5.78 Å². The van der Waals surface area contributed by atoms with E-state index in [1.165, 1.54) is 5.56 Å². The molecular formula is C19H25N3O3. The number of hydrogen-bond acceptors (Lipinski definition) is 5. The molecular weight excluding hydrogens is 318 g/mol. The first-order chi connectivity index (χ1) is 12.1. The summed E-state index contributed by atoms with van der Waals surface area (Å²) in [5.41, 5.74) is 1.81. The van der Waals surface area contributed by atoms with E-state index in [0.717, 1.165) is 32.5 Å². The van der Waals surface area contributed by atoms with Gasteiger partial charge in [-0.25, -0.2) is 0 Å². The van der Waals surface area contributed by atoms with Crippen LogP contribution < -0.4 is 9.47 Å². The average Bonchev–Trinajstić information content (AvgIpc) is 3.05. The molecule has 0 bridgehead atoms. The summed E-state index contributed by atoms with van der Waals surface area (Å²) in [7, 11) is 5.11. The molecule has 0 saturated carbocycles. The Hall–Kier alpha value is -2.34. The summed E-state index contributed by atoms with van der Waals surface area (Å²) in [6.07, 6.45) is 5.85. The van der Waals surface area contributed by atoms with E-state index >= 15 is 0 Å². The van der Waals surface area contributed by atoms with Crippen LogP contribution >= 0.6 is 0 Å². The fourth-order valence-electron chi connectivity index (χ4n) is 3.45. The van der Waals surface area contributed by atoms with Gasteiger partial charge in [0.1, 0.15) is 11.5 Å². The molecule has 1 aromatic heterocycles. The number of aromatic nitrogens is 2. The van der Waals surface area contributed by atoms with Crippen LogP contribution in [0.15, 0.2) is 30.6 Å². The van der Waals surface area contributed by atoms with E-state index in [1.807, 2.05) is 30.2 Å². The molecule has 1 aromatic carbocycles. The van der Waals surface area contributed by atoms with Gasteiger partial charge in [0.2, 0.25) is 0 Å². The van der Waals surface area contributed by atoms with Crippen molar-refractivity contribution in [2.24, 2.45) is 13.0 Å². The maximum Gasteiger partial charge on any atom is 0.170 e. The van der Waals surface area contributed by atoms with Crippen LogP contribution in [-0.4, -0.2) is 47.8 Å². The summed E-state index contributed by atoms with van der Waals surface area (Å²) in [4.78, 5) is 15.3. The fraction of sp³-hybridized carbons (Fsp3) is 0.474. The van der Waals surface area contributed by atoms with Crippen molar-refractivity contribution in [1.82, 2.24) is 14.7 Å². The Morgan fingerprint density at radius 2 is 2.16 bits per heavy atom. The van der Waals surface area contributed by atoms with Crippen LogP contribution in [0.3, 0.4) is 0 Å². The Kier molecular flexibility index (Phi) is 5.38. The molecule has 134 valence electrons. The first-order valence-electron chi connectivity index (χ1n) is 8.57. The van der Waals surface area contributed by atoms with Gasteiger partial charge in [-0.3, -0.25) is 14.4 Å². The predicted molar refractivity (Wildman–Crippen MR) is 95.1 cm³/mol. The zero-order valence-corrected chi connectivity index (χ0v) is 15.1. The maximum absolute atomic E-state index is 13.0. The SMILES string of the molecule is COc1ccc(C(=O)[C@@H]2CCCN(Cc3cnn(C)c3)C2)c(OC)c1. The van der Waals surface area contributed by atoms with Gasteiger partial charge < -0.3 is 9.47 Å². The molecule has 1 atom stereocenters. The number of Topliss-reactive ketones (excluding diaryl/α,β-unsaturated/α-hetero) is 1. The van der Waals surface area contributed by atoms with Gasteiger partial charge in [-0.2, -0.15) is 5.10 Å². The Balaban J connectivity index is 1.71. The lowest BCUT2D eigenvalue weighted by Crippen LogP contribution is -2.38. The van der Waals surface area contributed by atoms with Crippen molar-refractivity contribution in [3.05, 3.63) is 41.7 Å². The molecule has 0 aliphatic carbocycles. The molecule has 1 aliphatic rings. The number of benzene rings is 1. The van der Waals surface area contributed by atoms with Crippen molar-refractivity contribution in [2.45, 2.75) is 19.4 Å². The summed E-state index contributed by atoms with van der Waals surface area (Å²) in [5, 5.41) is 4.22. The Labute approximate surface area is 148 Å². The molecule has 25 heavy (non-hydrogen) atoms. The van der Waals surface area contributed by atoms with E-state index in [4.69, 9.17) is 9.47 Å². The van der Waals surface area contributed by atoms with Crippen LogP contribution in [0.2, 0.25) is 0 Å². The molecule has 1 saturated heterocycles. The van der Waals surface area contributed by atoms with Gasteiger partial charge in [0.05, 0.1) is 26.0 Å². The van der Waals surface area contributed by atoms with E-state index in [9.17, 15) is 4.79 Å². The fourth-order valence-corrected chi connectivity index (χ4v) is 3.45. The van der Waals surface area contributed by atoms with Crippen molar-refractivity contribution < 1.29 is 14.3 Å². The van der Waals surface area contributed by atoms with E-state index in [2.05, 4.69) is 10.00 Å². The molecule has 2 heterocycles. The number of methoxy groups -OCH3 is 2. The molecule has 6 heteroatoms. The smallest absolute Gasteiger partial charge is 0.170 e. The molecule has 0 N–H and O–H groups in total. The van der Waals surface area contributed by atoms with Gasteiger partial charge in [0.25, 0.3) is 0 Å². The average molecular weight is 343 g/mol. The summed E-state index contributed by atoms with van der Waals surface area (Å²) in [6.45, 7) is 2.61. The lowest BCUT2D eigenvalue weighted by atomic mass is 9.89. The van der Waals surface area contributed by atoms with Gasteiger partial charge >= 0.3 is 0 Å². The number of likely N-dealkylation sites (tertiary alicyclic amines) is 1. The quantitative estimate of drug-likeness (QED) is 0.755. The van der Waals surface area contributed by atoms with E-state index in [-0.39, 0.29) is 11.7 Å². The number of carbonyl (C=O) groups excluding carboxylic acids is 1. The van der Waals surface area contributed by atoms with Crippen LogP contribution in [-0.2, 0) is 13.6 Å². The minimum Gasteiger partial charge on any atom is -0.497 e. The number of nitrogens with zero attached hydrogens (tertiary/aromatic N) is 3. The highest BCUT2D eigenvalue weighted by molar-refractivity contribution is 6.00. The van der Waals surface area contributed by atoms with Gasteiger partial charge in [-0.1, -0.05) is 0 Å². The minimum atomic E-state index is -0.00674.